The van der Waals surface area contributed by atoms with Gasteiger partial charge in [-0.1, -0.05) is 12.1 Å². The average Bonchev–Trinajstić information content (AvgIpc) is 3.41. The standard InChI is InChI=1S/C30H31F3N6O3/c1-18-3-6-23(12-22(18)15-35-24-11-21-14-26(29(41)42-2)38-27(21)36-16-24)37-28(40)19-4-5-20(25(13-19)30(31,32)33)17-39-9-7-34-8-10-39/h3-6,11-14,16,34-35H,7-10,15,17H2,1-2H3,(H,36,38)(H,37,40). The van der Waals surface area contributed by atoms with E-state index in [-0.39, 0.29) is 17.7 Å². The Morgan fingerprint density at radius 2 is 1.81 bits per heavy atom. The number of carbonyl (C=O) groups is 2. The Hall–Kier alpha value is -4.42. The second-order valence-corrected chi connectivity index (χ2v) is 10.2. The number of piperazine rings is 1. The molecule has 220 valence electrons. The number of nitrogens with one attached hydrogen (secondary N) is 4. The van der Waals surface area contributed by atoms with Crippen molar-refractivity contribution in [1.29, 1.82) is 0 Å². The molecule has 1 aliphatic heterocycles. The van der Waals surface area contributed by atoms with Crippen LogP contribution < -0.4 is 16.0 Å². The smallest absolute Gasteiger partial charge is 0.416 e. The maximum Gasteiger partial charge on any atom is 0.416 e. The van der Waals surface area contributed by atoms with Gasteiger partial charge in [0.05, 0.1) is 24.6 Å². The number of aromatic amines is 1. The Kier molecular flexibility index (Phi) is 8.46. The van der Waals surface area contributed by atoms with Gasteiger partial charge in [0.25, 0.3) is 5.91 Å². The van der Waals surface area contributed by atoms with E-state index in [2.05, 4.69) is 25.9 Å². The fraction of sp³-hybridized carbons (Fsp3) is 0.300. The molecule has 0 unspecified atom stereocenters. The number of benzene rings is 2. The molecule has 0 atom stereocenters. The van der Waals surface area contributed by atoms with Gasteiger partial charge < -0.3 is 25.7 Å². The minimum atomic E-state index is -4.58. The Balaban J connectivity index is 1.28. The summed E-state index contributed by atoms with van der Waals surface area (Å²) >= 11 is 0. The summed E-state index contributed by atoms with van der Waals surface area (Å²) < 4.78 is 46.6. The van der Waals surface area contributed by atoms with Crippen molar-refractivity contribution in [2.45, 2.75) is 26.2 Å². The Morgan fingerprint density at radius 3 is 2.55 bits per heavy atom. The maximum atomic E-state index is 13.9. The van der Waals surface area contributed by atoms with Crippen LogP contribution in [0.4, 0.5) is 24.5 Å². The molecule has 9 nitrogen and oxygen atoms in total. The molecule has 42 heavy (non-hydrogen) atoms. The molecule has 0 saturated carbocycles. The number of hydrogen-bond donors (Lipinski definition) is 4. The summed E-state index contributed by atoms with van der Waals surface area (Å²) in [5, 5.41) is 9.94. The van der Waals surface area contributed by atoms with Gasteiger partial charge >= 0.3 is 12.1 Å². The summed E-state index contributed by atoms with van der Waals surface area (Å²) in [5.41, 5.74) is 3.15. The number of amides is 1. The number of fused-ring (bicyclic) bond motifs is 1. The monoisotopic (exact) mass is 580 g/mol. The number of hydrogen-bond acceptors (Lipinski definition) is 7. The lowest BCUT2D eigenvalue weighted by Crippen LogP contribution is -2.43. The van der Waals surface area contributed by atoms with Gasteiger partial charge in [0.2, 0.25) is 0 Å². The van der Waals surface area contributed by atoms with E-state index >= 15 is 0 Å². The summed E-state index contributed by atoms with van der Waals surface area (Å²) in [7, 11) is 1.30. The third kappa shape index (κ3) is 6.72. The van der Waals surface area contributed by atoms with Crippen LogP contribution in [-0.4, -0.2) is 60.0 Å². The molecule has 1 saturated heterocycles. The Bertz CT molecular complexity index is 1610. The van der Waals surface area contributed by atoms with Crippen molar-refractivity contribution < 1.29 is 27.5 Å². The number of pyridine rings is 1. The van der Waals surface area contributed by atoms with Crippen LogP contribution >= 0.6 is 0 Å². The maximum absolute atomic E-state index is 13.9. The van der Waals surface area contributed by atoms with Gasteiger partial charge in [-0.25, -0.2) is 9.78 Å². The summed E-state index contributed by atoms with van der Waals surface area (Å²) in [6.45, 7) is 5.28. The lowest BCUT2D eigenvalue weighted by Gasteiger charge is -2.28. The minimum absolute atomic E-state index is 0.0659. The normalized spacial score (nSPS) is 14.1. The second kappa shape index (κ2) is 12.2. The molecule has 5 rings (SSSR count). The molecule has 0 aliphatic carbocycles. The van der Waals surface area contributed by atoms with Gasteiger partial charge in [-0.05, 0) is 60.0 Å². The minimum Gasteiger partial charge on any atom is -0.464 e. The topological polar surface area (TPSA) is 111 Å². The van der Waals surface area contributed by atoms with Crippen LogP contribution in [0.25, 0.3) is 11.0 Å². The highest BCUT2D eigenvalue weighted by Gasteiger charge is 2.34. The Labute approximate surface area is 240 Å². The number of aromatic nitrogens is 2. The zero-order valence-corrected chi connectivity index (χ0v) is 23.2. The largest absolute Gasteiger partial charge is 0.464 e. The van der Waals surface area contributed by atoms with Crippen LogP contribution in [0.3, 0.4) is 0 Å². The number of anilines is 2. The first-order chi connectivity index (χ1) is 20.1. The highest BCUT2D eigenvalue weighted by Crippen LogP contribution is 2.34. The van der Waals surface area contributed by atoms with Gasteiger partial charge in [-0.3, -0.25) is 9.69 Å². The van der Waals surface area contributed by atoms with Crippen LogP contribution in [0, 0.1) is 6.92 Å². The summed E-state index contributed by atoms with van der Waals surface area (Å²) in [6, 6.07) is 12.6. The SMILES string of the molecule is COC(=O)c1cc2cc(NCc3cc(NC(=O)c4ccc(CN5CCNCC5)c(C(F)(F)F)c4)ccc3C)cnc2[nH]1. The number of ether oxygens (including phenoxy) is 1. The quantitative estimate of drug-likeness (QED) is 0.218. The van der Waals surface area contributed by atoms with Crippen LogP contribution in [0.2, 0.25) is 0 Å². The average molecular weight is 581 g/mol. The molecule has 0 spiro atoms. The lowest BCUT2D eigenvalue weighted by molar-refractivity contribution is -0.138. The molecule has 1 amide bonds. The number of carbonyl (C=O) groups excluding carboxylic acids is 2. The molecule has 3 heterocycles. The first-order valence-electron chi connectivity index (χ1n) is 13.5. The van der Waals surface area contributed by atoms with E-state index in [1.54, 1.807) is 24.4 Å². The zero-order valence-electron chi connectivity index (χ0n) is 23.2. The van der Waals surface area contributed by atoms with Gasteiger partial charge in [-0.2, -0.15) is 13.2 Å². The molecular formula is C30H31F3N6O3. The number of esters is 1. The van der Waals surface area contributed by atoms with Crippen molar-refractivity contribution >= 4 is 34.3 Å². The predicted molar refractivity (Wildman–Crippen MR) is 153 cm³/mol. The number of aryl methyl sites for hydroxylation is 1. The number of alkyl halides is 3. The van der Waals surface area contributed by atoms with Crippen molar-refractivity contribution in [2.75, 3.05) is 43.9 Å². The van der Waals surface area contributed by atoms with Crippen molar-refractivity contribution in [3.63, 3.8) is 0 Å². The third-order valence-electron chi connectivity index (χ3n) is 7.25. The lowest BCUT2D eigenvalue weighted by atomic mass is 10.0. The fourth-order valence-corrected chi connectivity index (χ4v) is 4.90. The molecule has 1 aliphatic rings. The van der Waals surface area contributed by atoms with Crippen molar-refractivity contribution in [3.05, 3.63) is 88.2 Å². The van der Waals surface area contributed by atoms with E-state index in [0.717, 1.165) is 35.7 Å². The molecule has 0 radical (unpaired) electrons. The Morgan fingerprint density at radius 1 is 1.02 bits per heavy atom. The van der Waals surface area contributed by atoms with Crippen molar-refractivity contribution in [1.82, 2.24) is 20.2 Å². The number of H-pyrrole nitrogens is 1. The van der Waals surface area contributed by atoms with Gasteiger partial charge in [-0.15, -0.1) is 0 Å². The molecule has 4 N–H and O–H groups in total. The summed E-state index contributed by atoms with van der Waals surface area (Å²) in [6.07, 6.45) is -2.95. The van der Waals surface area contributed by atoms with E-state index in [9.17, 15) is 22.8 Å². The number of halogens is 3. The molecule has 1 fully saturated rings. The molecule has 0 bridgehead atoms. The second-order valence-electron chi connectivity index (χ2n) is 10.2. The predicted octanol–water partition coefficient (Wildman–Crippen LogP) is 4.95. The van der Waals surface area contributed by atoms with Gasteiger partial charge in [0.1, 0.15) is 11.3 Å². The molecule has 12 heteroatoms. The van der Waals surface area contributed by atoms with Crippen molar-refractivity contribution in [3.8, 4) is 0 Å². The third-order valence-corrected chi connectivity index (χ3v) is 7.25. The highest BCUT2D eigenvalue weighted by molar-refractivity contribution is 6.04. The first-order valence-corrected chi connectivity index (χ1v) is 13.5. The van der Waals surface area contributed by atoms with E-state index < -0.39 is 23.6 Å². The number of methoxy groups -OCH3 is 1. The summed E-state index contributed by atoms with van der Waals surface area (Å²) in [5.74, 6) is -1.11. The van der Waals surface area contributed by atoms with Crippen molar-refractivity contribution in [2.24, 2.45) is 0 Å². The van der Waals surface area contributed by atoms with E-state index in [1.807, 2.05) is 24.0 Å². The molecule has 2 aromatic carbocycles. The number of rotatable bonds is 8. The van der Waals surface area contributed by atoms with Gasteiger partial charge in [0, 0.05) is 55.9 Å². The van der Waals surface area contributed by atoms with Gasteiger partial charge in [0.15, 0.2) is 0 Å². The number of nitrogens with zero attached hydrogens (tertiary/aromatic N) is 2. The van der Waals surface area contributed by atoms with Crippen LogP contribution in [-0.2, 0) is 24.0 Å². The zero-order chi connectivity index (χ0) is 29.9. The fourth-order valence-electron chi connectivity index (χ4n) is 4.90. The highest BCUT2D eigenvalue weighted by atomic mass is 19.4. The van der Waals surface area contributed by atoms with E-state index in [4.69, 9.17) is 4.74 Å². The van der Waals surface area contributed by atoms with E-state index in [0.29, 0.717) is 42.4 Å². The summed E-state index contributed by atoms with van der Waals surface area (Å²) in [4.78, 5) is 34.0. The van der Waals surface area contributed by atoms with Crippen LogP contribution in [0.5, 0.6) is 0 Å². The molecule has 4 aromatic rings. The van der Waals surface area contributed by atoms with Crippen LogP contribution in [0.1, 0.15) is 43.1 Å². The van der Waals surface area contributed by atoms with Crippen LogP contribution in [0.15, 0.2) is 54.7 Å². The molecule has 2 aromatic heterocycles. The first kappa shape index (κ1) is 29.1. The van der Waals surface area contributed by atoms with E-state index in [1.165, 1.54) is 19.2 Å². The molecular weight excluding hydrogens is 549 g/mol.